The van der Waals surface area contributed by atoms with Gasteiger partial charge in [0.2, 0.25) is 0 Å². The van der Waals surface area contributed by atoms with Crippen molar-refractivity contribution < 1.29 is 9.84 Å². The Hall–Kier alpha value is -0.620. The first-order valence-corrected chi connectivity index (χ1v) is 6.80. The van der Waals surface area contributed by atoms with E-state index in [2.05, 4.69) is 20.9 Å². The van der Waals surface area contributed by atoms with E-state index < -0.39 is 6.10 Å². The highest BCUT2D eigenvalue weighted by Crippen LogP contribution is 2.36. The number of ether oxygens (including phenoxy) is 1. The monoisotopic (exact) mass is 333 g/mol. The normalized spacial score (nSPS) is 12.5. The van der Waals surface area contributed by atoms with E-state index in [1.165, 1.54) is 11.3 Å². The maximum Gasteiger partial charge on any atom is 0.136 e. The lowest BCUT2D eigenvalue weighted by atomic mass is 10.1. The van der Waals surface area contributed by atoms with E-state index in [0.717, 1.165) is 0 Å². The third-order valence-electron chi connectivity index (χ3n) is 2.23. The maximum atomic E-state index is 10.3. The molecule has 3 nitrogen and oxygen atoms in total. The molecule has 0 fully saturated rings. The van der Waals surface area contributed by atoms with E-state index in [1.54, 1.807) is 25.3 Å². The van der Waals surface area contributed by atoms with Crippen LogP contribution >= 0.6 is 38.9 Å². The van der Waals surface area contributed by atoms with Gasteiger partial charge in [-0.3, -0.25) is 0 Å². The standard InChI is InChI=1S/C11H9BrClNO2S/c1-16-7-4-2-3-6(13)9(7)10(15)11-14-8(12)5-17-11/h2-5,10,15H,1H3. The lowest BCUT2D eigenvalue weighted by Gasteiger charge is -2.14. The zero-order valence-electron chi connectivity index (χ0n) is 8.85. The molecule has 2 rings (SSSR count). The van der Waals surface area contributed by atoms with Crippen LogP contribution in [0.1, 0.15) is 16.7 Å². The SMILES string of the molecule is COc1cccc(Cl)c1C(O)c1nc(Br)cs1. The highest BCUT2D eigenvalue weighted by atomic mass is 79.9. The maximum absolute atomic E-state index is 10.3. The molecule has 1 heterocycles. The summed E-state index contributed by atoms with van der Waals surface area (Å²) in [6, 6.07) is 5.24. The molecule has 6 heteroatoms. The van der Waals surface area contributed by atoms with Crippen LogP contribution in [0.3, 0.4) is 0 Å². The average molecular weight is 335 g/mol. The number of halogens is 2. The van der Waals surface area contributed by atoms with E-state index in [-0.39, 0.29) is 0 Å². The van der Waals surface area contributed by atoms with Gasteiger partial charge in [-0.2, -0.15) is 0 Å². The fourth-order valence-electron chi connectivity index (χ4n) is 1.48. The topological polar surface area (TPSA) is 42.4 Å². The summed E-state index contributed by atoms with van der Waals surface area (Å²) in [6.45, 7) is 0. The minimum Gasteiger partial charge on any atom is -0.496 e. The molecule has 0 bridgehead atoms. The number of hydrogen-bond acceptors (Lipinski definition) is 4. The number of nitrogens with zero attached hydrogens (tertiary/aromatic N) is 1. The minimum absolute atomic E-state index is 0.461. The third-order valence-corrected chi connectivity index (χ3v) is 4.17. The van der Waals surface area contributed by atoms with Crippen LogP contribution in [-0.4, -0.2) is 17.2 Å². The predicted octanol–water partition coefficient (Wildman–Crippen LogP) is 3.65. The van der Waals surface area contributed by atoms with Gasteiger partial charge >= 0.3 is 0 Å². The molecule has 90 valence electrons. The number of methoxy groups -OCH3 is 1. The first kappa shape index (κ1) is 12.8. The van der Waals surface area contributed by atoms with Gasteiger partial charge in [-0.15, -0.1) is 11.3 Å². The first-order chi connectivity index (χ1) is 8.13. The molecule has 17 heavy (non-hydrogen) atoms. The Bertz CT molecular complexity index is 532. The van der Waals surface area contributed by atoms with Crippen LogP contribution in [-0.2, 0) is 0 Å². The van der Waals surface area contributed by atoms with Gasteiger partial charge in [0, 0.05) is 10.9 Å². The van der Waals surface area contributed by atoms with Crippen molar-refractivity contribution in [1.82, 2.24) is 4.98 Å². The van der Waals surface area contributed by atoms with E-state index in [1.807, 2.05) is 5.38 Å². The van der Waals surface area contributed by atoms with Crippen LogP contribution in [0.5, 0.6) is 5.75 Å². The summed E-state index contributed by atoms with van der Waals surface area (Å²) in [4.78, 5) is 4.17. The van der Waals surface area contributed by atoms with E-state index in [4.69, 9.17) is 16.3 Å². The Labute approximate surface area is 116 Å². The molecule has 0 saturated heterocycles. The highest BCUT2D eigenvalue weighted by molar-refractivity contribution is 9.10. The minimum atomic E-state index is -0.880. The molecule has 1 aromatic carbocycles. The second-order valence-electron chi connectivity index (χ2n) is 3.27. The number of benzene rings is 1. The zero-order chi connectivity index (χ0) is 12.4. The van der Waals surface area contributed by atoms with Crippen LogP contribution in [0.4, 0.5) is 0 Å². The molecule has 0 aliphatic heterocycles. The molecule has 1 unspecified atom stereocenters. The summed E-state index contributed by atoms with van der Waals surface area (Å²) in [5.74, 6) is 0.552. The van der Waals surface area contributed by atoms with E-state index in [9.17, 15) is 5.11 Å². The lowest BCUT2D eigenvalue weighted by Crippen LogP contribution is -2.03. The molecule has 2 aromatic rings. The van der Waals surface area contributed by atoms with Gasteiger partial charge in [-0.05, 0) is 28.1 Å². The van der Waals surface area contributed by atoms with Crippen LogP contribution in [0, 0.1) is 0 Å². The van der Waals surface area contributed by atoms with E-state index >= 15 is 0 Å². The van der Waals surface area contributed by atoms with E-state index in [0.29, 0.717) is 25.9 Å². The molecule has 0 aliphatic rings. The van der Waals surface area contributed by atoms with Crippen molar-refractivity contribution in [3.8, 4) is 5.75 Å². The predicted molar refractivity (Wildman–Crippen MR) is 71.9 cm³/mol. The van der Waals surface area contributed by atoms with Crippen LogP contribution in [0.25, 0.3) is 0 Å². The number of aliphatic hydroxyl groups excluding tert-OH is 1. The smallest absolute Gasteiger partial charge is 0.136 e. The van der Waals surface area contributed by atoms with Crippen molar-refractivity contribution in [2.24, 2.45) is 0 Å². The molecule has 0 amide bonds. The zero-order valence-corrected chi connectivity index (χ0v) is 12.0. The van der Waals surface area contributed by atoms with Gasteiger partial charge in [-0.25, -0.2) is 4.98 Å². The molecule has 0 spiro atoms. The summed E-state index contributed by atoms with van der Waals surface area (Å²) in [5.41, 5.74) is 0.540. The Kier molecular flexibility index (Phi) is 4.04. The molecule has 0 radical (unpaired) electrons. The largest absolute Gasteiger partial charge is 0.496 e. The molecular weight excluding hydrogens is 326 g/mol. The summed E-state index contributed by atoms with van der Waals surface area (Å²) in [5, 5.41) is 13.1. The van der Waals surface area contributed by atoms with Crippen molar-refractivity contribution in [1.29, 1.82) is 0 Å². The molecule has 1 aromatic heterocycles. The Morgan fingerprint density at radius 3 is 2.88 bits per heavy atom. The van der Waals surface area contributed by atoms with Crippen LogP contribution in [0.2, 0.25) is 5.02 Å². The molecule has 1 atom stereocenters. The van der Waals surface area contributed by atoms with Gasteiger partial charge < -0.3 is 9.84 Å². The first-order valence-electron chi connectivity index (χ1n) is 4.75. The highest BCUT2D eigenvalue weighted by Gasteiger charge is 2.21. The Balaban J connectivity index is 2.46. The van der Waals surface area contributed by atoms with Crippen LogP contribution in [0.15, 0.2) is 28.2 Å². The number of thiazole rings is 1. The summed E-state index contributed by atoms with van der Waals surface area (Å²) >= 11 is 10.7. The van der Waals surface area contributed by atoms with Crippen molar-refractivity contribution in [2.75, 3.05) is 7.11 Å². The molecule has 1 N–H and O–H groups in total. The number of aliphatic hydroxyl groups is 1. The van der Waals surface area contributed by atoms with Gasteiger partial charge in [0.1, 0.15) is 21.5 Å². The summed E-state index contributed by atoms with van der Waals surface area (Å²) < 4.78 is 5.89. The fraction of sp³-hybridized carbons (Fsp3) is 0.182. The van der Waals surface area contributed by atoms with Gasteiger partial charge in [-0.1, -0.05) is 17.7 Å². The fourth-order valence-corrected chi connectivity index (χ4v) is 3.00. The Morgan fingerprint density at radius 2 is 2.29 bits per heavy atom. The quantitative estimate of drug-likeness (QED) is 0.931. The second-order valence-corrected chi connectivity index (χ2v) is 5.38. The van der Waals surface area contributed by atoms with Crippen molar-refractivity contribution in [2.45, 2.75) is 6.10 Å². The van der Waals surface area contributed by atoms with Gasteiger partial charge in [0.25, 0.3) is 0 Å². The molecule has 0 aliphatic carbocycles. The van der Waals surface area contributed by atoms with Crippen molar-refractivity contribution in [3.63, 3.8) is 0 Å². The third kappa shape index (κ3) is 2.63. The number of hydrogen-bond donors (Lipinski definition) is 1. The van der Waals surface area contributed by atoms with Gasteiger partial charge in [0.05, 0.1) is 12.1 Å². The van der Waals surface area contributed by atoms with Crippen molar-refractivity contribution in [3.05, 3.63) is 43.8 Å². The molecular formula is C11H9BrClNO2S. The van der Waals surface area contributed by atoms with Gasteiger partial charge in [0.15, 0.2) is 0 Å². The number of rotatable bonds is 3. The molecule has 0 saturated carbocycles. The number of aromatic nitrogens is 1. The lowest BCUT2D eigenvalue weighted by molar-refractivity contribution is 0.214. The van der Waals surface area contributed by atoms with Crippen LogP contribution < -0.4 is 4.74 Å². The van der Waals surface area contributed by atoms with Crippen molar-refractivity contribution >= 4 is 38.9 Å². The Morgan fingerprint density at radius 1 is 1.53 bits per heavy atom. The average Bonchev–Trinajstić information content (AvgIpc) is 2.74. The second kappa shape index (κ2) is 5.35. The summed E-state index contributed by atoms with van der Waals surface area (Å²) in [7, 11) is 1.54. The summed E-state index contributed by atoms with van der Waals surface area (Å²) in [6.07, 6.45) is -0.880.